The molecule has 0 saturated heterocycles. The molecule has 20 heteroatoms. The number of aromatic nitrogens is 4. The molecule has 2 aromatic carbocycles. The van der Waals surface area contributed by atoms with Gasteiger partial charge in [0.1, 0.15) is 20.8 Å². The van der Waals surface area contributed by atoms with E-state index in [0.29, 0.717) is 12.1 Å². The molecule has 4 rings (SSSR count). The minimum absolute atomic E-state index is 0.313. The molecule has 0 unspecified atom stereocenters. The summed E-state index contributed by atoms with van der Waals surface area (Å²) in [5.74, 6) is -0.698. The van der Waals surface area contributed by atoms with Crippen molar-refractivity contribution in [2.45, 2.75) is 19.6 Å². The highest BCUT2D eigenvalue weighted by atomic mass is 32.2. The normalized spacial score (nSPS) is 13.6. The number of nitrogens with zero attached hydrogens (tertiary/aromatic N) is 2. The van der Waals surface area contributed by atoms with Crippen LogP contribution in [0.3, 0.4) is 0 Å². The molecular weight excluding hydrogens is 544 g/mol. The van der Waals surface area contributed by atoms with Crippen LogP contribution < -0.4 is 0 Å². The van der Waals surface area contributed by atoms with E-state index in [-0.39, 0.29) is 22.7 Å². The van der Waals surface area contributed by atoms with Crippen molar-refractivity contribution in [3.63, 3.8) is 0 Å². The van der Waals surface area contributed by atoms with E-state index in [1.54, 1.807) is 0 Å². The van der Waals surface area contributed by atoms with E-state index in [2.05, 4.69) is 19.9 Å². The van der Waals surface area contributed by atoms with Gasteiger partial charge in [-0.15, -0.1) is 0 Å². The summed E-state index contributed by atoms with van der Waals surface area (Å²) in [5.41, 5.74) is -1.60. The van der Waals surface area contributed by atoms with Crippen molar-refractivity contribution in [2.75, 3.05) is 0 Å². The smallest absolute Gasteiger partial charge is 0.296 e. The van der Waals surface area contributed by atoms with Crippen LogP contribution in [0, 0.1) is 0 Å². The summed E-state index contributed by atoms with van der Waals surface area (Å²) in [6, 6.07) is 2.48. The average Bonchev–Trinajstić information content (AvgIpc) is 3.26. The molecule has 2 heterocycles. The van der Waals surface area contributed by atoms with E-state index in [1.807, 2.05) is 0 Å². The Morgan fingerprint density at radius 3 is 1.12 bits per heavy atom. The van der Waals surface area contributed by atoms with Gasteiger partial charge < -0.3 is 9.97 Å². The topological polar surface area (TPSA) is 275 Å². The lowest BCUT2D eigenvalue weighted by atomic mass is 10.3. The van der Waals surface area contributed by atoms with Gasteiger partial charge >= 0.3 is 0 Å². The summed E-state index contributed by atoms with van der Waals surface area (Å²) in [6.07, 6.45) is 0. The molecule has 0 saturated carbocycles. The number of rotatable bonds is 5. The molecule has 0 aliphatic rings. The zero-order chi connectivity index (χ0) is 25.4. The highest BCUT2D eigenvalue weighted by molar-refractivity contribution is 7.87. The molecule has 0 aliphatic carbocycles. The fourth-order valence-corrected chi connectivity index (χ4v) is 5.60. The van der Waals surface area contributed by atoms with Gasteiger partial charge in [0.05, 0.1) is 20.8 Å². The van der Waals surface area contributed by atoms with Gasteiger partial charge in [-0.2, -0.15) is 33.7 Å². The second kappa shape index (κ2) is 7.26. The lowest BCUT2D eigenvalue weighted by molar-refractivity contribution is 0.477. The van der Waals surface area contributed by atoms with Crippen molar-refractivity contribution in [2.24, 2.45) is 0 Å². The molecule has 182 valence electrons. The molecule has 0 amide bonds. The number of aromatic amines is 2. The third-order valence-electron chi connectivity index (χ3n) is 4.43. The fraction of sp³-hybridized carbons (Fsp3) is 0. The number of benzene rings is 2. The Morgan fingerprint density at radius 1 is 0.529 bits per heavy atom. The number of H-pyrrole nitrogens is 2. The van der Waals surface area contributed by atoms with E-state index < -0.39 is 71.1 Å². The molecule has 0 spiro atoms. The van der Waals surface area contributed by atoms with Gasteiger partial charge in [-0.1, -0.05) is 0 Å². The summed E-state index contributed by atoms with van der Waals surface area (Å²) in [6.45, 7) is 0. The molecule has 0 atom stereocenters. The minimum Gasteiger partial charge on any atom is -0.335 e. The van der Waals surface area contributed by atoms with Crippen LogP contribution >= 0.6 is 0 Å². The van der Waals surface area contributed by atoms with E-state index in [1.165, 1.54) is 0 Å². The van der Waals surface area contributed by atoms with Crippen LogP contribution in [0.5, 0.6) is 0 Å². The van der Waals surface area contributed by atoms with Crippen LogP contribution in [0.1, 0.15) is 0 Å². The first kappa shape index (κ1) is 24.2. The van der Waals surface area contributed by atoms with Crippen LogP contribution in [0.25, 0.3) is 33.7 Å². The van der Waals surface area contributed by atoms with Gasteiger partial charge in [-0.05, 0) is 24.3 Å². The largest absolute Gasteiger partial charge is 0.335 e. The van der Waals surface area contributed by atoms with Crippen LogP contribution in [0.4, 0.5) is 0 Å². The second-order valence-electron chi connectivity index (χ2n) is 6.71. The highest BCUT2D eigenvalue weighted by Crippen LogP contribution is 2.31. The van der Waals surface area contributed by atoms with Gasteiger partial charge in [0.15, 0.2) is 11.6 Å². The van der Waals surface area contributed by atoms with Crippen molar-refractivity contribution in [3.8, 4) is 11.6 Å². The van der Waals surface area contributed by atoms with Gasteiger partial charge in [-0.3, -0.25) is 18.2 Å². The lowest BCUT2D eigenvalue weighted by Gasteiger charge is -2.02. The Balaban J connectivity index is 2.05. The van der Waals surface area contributed by atoms with Crippen LogP contribution in [0.15, 0.2) is 43.8 Å². The van der Waals surface area contributed by atoms with E-state index in [4.69, 9.17) is 0 Å². The molecule has 16 nitrogen and oxygen atoms in total. The molecule has 6 N–H and O–H groups in total. The first-order valence-corrected chi connectivity index (χ1v) is 14.1. The van der Waals surface area contributed by atoms with E-state index >= 15 is 0 Å². The Hall–Kier alpha value is -2.98. The van der Waals surface area contributed by atoms with Crippen molar-refractivity contribution >= 4 is 62.5 Å². The first-order valence-electron chi connectivity index (χ1n) is 8.33. The third kappa shape index (κ3) is 4.27. The monoisotopic (exact) mass is 554 g/mol. The summed E-state index contributed by atoms with van der Waals surface area (Å²) >= 11 is 0. The number of fused-ring (bicyclic) bond motifs is 2. The SMILES string of the molecule is O=S(=O)(O)c1cc(S(=O)(=O)O)c2nc(-c3nc4c(S(=O)(=O)O)cc(S(=O)(=O)O)cc4[nH]3)[nH]c2c1. The number of hydrogen-bond donors (Lipinski definition) is 6. The fourth-order valence-electron chi connectivity index (χ4n) is 3.04. The van der Waals surface area contributed by atoms with E-state index in [0.717, 1.165) is 12.1 Å². The van der Waals surface area contributed by atoms with E-state index in [9.17, 15) is 51.9 Å². The number of hydrogen-bond acceptors (Lipinski definition) is 10. The maximum Gasteiger partial charge on any atom is 0.296 e. The first-order chi connectivity index (χ1) is 15.4. The van der Waals surface area contributed by atoms with Crippen molar-refractivity contribution in [1.82, 2.24) is 19.9 Å². The predicted octanol–water partition coefficient (Wildman–Crippen LogP) is 0.0930. The zero-order valence-electron chi connectivity index (χ0n) is 15.9. The number of nitrogens with one attached hydrogen (secondary N) is 2. The van der Waals surface area contributed by atoms with Gasteiger partial charge in [0, 0.05) is 0 Å². The molecule has 34 heavy (non-hydrogen) atoms. The van der Waals surface area contributed by atoms with Gasteiger partial charge in [-0.25, -0.2) is 9.97 Å². The van der Waals surface area contributed by atoms with Crippen LogP contribution in [-0.4, -0.2) is 71.8 Å². The van der Waals surface area contributed by atoms with Crippen LogP contribution in [-0.2, 0) is 40.5 Å². The standard InChI is InChI=1S/C14H10N4O12S4/c19-31(20,21)5-1-7-11(9(3-5)33(25,26)27)17-13(15-7)14-16-8-2-6(32(22,23)24)4-10(12(8)18-14)34(28,29)30/h1-4H,(H,15,17)(H,16,18)(H,19,20,21)(H,22,23,24)(H,25,26,27)(H,28,29,30). The molecule has 0 bridgehead atoms. The summed E-state index contributed by atoms with van der Waals surface area (Å²) in [5, 5.41) is 0. The Morgan fingerprint density at radius 2 is 0.853 bits per heavy atom. The highest BCUT2D eigenvalue weighted by Gasteiger charge is 2.26. The molecule has 2 aromatic heterocycles. The summed E-state index contributed by atoms with van der Waals surface area (Å²) in [7, 11) is -19.9. The Labute approximate surface area is 189 Å². The van der Waals surface area contributed by atoms with Crippen LogP contribution in [0.2, 0.25) is 0 Å². The molecule has 4 aromatic rings. The zero-order valence-corrected chi connectivity index (χ0v) is 19.2. The van der Waals surface area contributed by atoms with Crippen molar-refractivity contribution in [1.29, 1.82) is 0 Å². The maximum atomic E-state index is 11.7. The molecular formula is C14H10N4O12S4. The molecule has 0 aliphatic heterocycles. The second-order valence-corrected chi connectivity index (χ2v) is 12.3. The summed E-state index contributed by atoms with van der Waals surface area (Å²) < 4.78 is 130. The minimum atomic E-state index is -5.05. The third-order valence-corrected chi connectivity index (χ3v) is 7.82. The Bertz CT molecular complexity index is 1810. The Kier molecular flexibility index (Phi) is 5.16. The maximum absolute atomic E-state index is 11.7. The molecule has 0 fully saturated rings. The summed E-state index contributed by atoms with van der Waals surface area (Å²) in [4.78, 5) is 8.90. The predicted molar refractivity (Wildman–Crippen MR) is 110 cm³/mol. The van der Waals surface area contributed by atoms with Gasteiger partial charge in [0.2, 0.25) is 0 Å². The number of imidazole rings is 2. The van der Waals surface area contributed by atoms with Gasteiger partial charge in [0.25, 0.3) is 40.5 Å². The average molecular weight is 555 g/mol. The molecule has 0 radical (unpaired) electrons. The quantitative estimate of drug-likeness (QED) is 0.178. The van der Waals surface area contributed by atoms with Crippen molar-refractivity contribution in [3.05, 3.63) is 24.3 Å². The lowest BCUT2D eigenvalue weighted by Crippen LogP contribution is -2.04. The van der Waals surface area contributed by atoms with Crippen molar-refractivity contribution < 1.29 is 51.9 Å².